The number of carbonyl (C=O) groups is 2. The van der Waals surface area contributed by atoms with Crippen LogP contribution in [-0.2, 0) is 26.6 Å². The Labute approximate surface area is 225 Å². The van der Waals surface area contributed by atoms with Crippen LogP contribution in [0, 0.1) is 6.92 Å². The van der Waals surface area contributed by atoms with Crippen LogP contribution in [0.1, 0.15) is 49.7 Å². The number of nitrogens with zero attached hydrogens (tertiary/aromatic N) is 2. The molecule has 1 aliphatic carbocycles. The van der Waals surface area contributed by atoms with E-state index in [-0.39, 0.29) is 5.78 Å². The van der Waals surface area contributed by atoms with E-state index in [2.05, 4.69) is 23.8 Å². The van der Waals surface area contributed by atoms with Crippen LogP contribution >= 0.6 is 23.2 Å². The van der Waals surface area contributed by atoms with Gasteiger partial charge in [0.15, 0.2) is 18.2 Å². The number of ether oxygens (including phenoxy) is 1. The first kappa shape index (κ1) is 32.0. The molecule has 1 aliphatic rings. The Balaban J connectivity index is 0.000000554. The van der Waals surface area contributed by atoms with E-state index in [4.69, 9.17) is 22.1 Å². The summed E-state index contributed by atoms with van der Waals surface area (Å²) in [5.41, 5.74) is 6.60. The summed E-state index contributed by atoms with van der Waals surface area (Å²) in [7, 11) is 1.95. The molecular formula is C27H41Cl2N4O3+. The molecule has 0 spiro atoms. The highest BCUT2D eigenvalue weighted by Crippen LogP contribution is 2.42. The van der Waals surface area contributed by atoms with Crippen molar-refractivity contribution >= 4 is 35.4 Å². The number of amides is 1. The molecule has 1 fully saturated rings. The minimum Gasteiger partial charge on any atom is -0.359 e. The standard InChI is InChI=1S/C21H26ClN2O2.C5H12N2O.CH3Cl/c1-17-10-13-24(14-11-17)16-26-15-23(2)21(12-6-5-9-20(21)25)18-7-3-4-8-19(18)22;6-3-1-2-4-7-5-8;1-2/h3-4,7-8,10-11,13-14H,5-6,9,12,15-16H2,1-2H3;5H,1-4,6H2,(H,7,8);1H3/q+1;;. The minimum absolute atomic E-state index is 0.228. The van der Waals surface area contributed by atoms with Crippen LogP contribution in [-0.4, -0.2) is 50.3 Å². The molecule has 0 aliphatic heterocycles. The lowest BCUT2D eigenvalue weighted by Crippen LogP contribution is -2.53. The summed E-state index contributed by atoms with van der Waals surface area (Å²) in [5.74, 6) is 0.228. The van der Waals surface area contributed by atoms with E-state index < -0.39 is 5.54 Å². The van der Waals surface area contributed by atoms with Gasteiger partial charge in [0.2, 0.25) is 6.41 Å². The highest BCUT2D eigenvalue weighted by atomic mass is 35.5. The lowest BCUT2D eigenvalue weighted by atomic mass is 9.74. The third-order valence-electron chi connectivity index (χ3n) is 6.07. The molecule has 1 unspecified atom stereocenters. The van der Waals surface area contributed by atoms with Gasteiger partial charge in [0.05, 0.1) is 0 Å². The molecule has 1 atom stereocenters. The van der Waals surface area contributed by atoms with Crippen molar-refractivity contribution in [2.75, 3.05) is 33.3 Å². The molecule has 0 saturated heterocycles. The van der Waals surface area contributed by atoms with Gasteiger partial charge in [0.25, 0.3) is 6.73 Å². The third kappa shape index (κ3) is 9.79. The maximum Gasteiger partial charge on any atom is 0.253 e. The van der Waals surface area contributed by atoms with Gasteiger partial charge in [0, 0.05) is 36.5 Å². The molecule has 0 radical (unpaired) electrons. The zero-order valence-electron chi connectivity index (χ0n) is 21.7. The third-order valence-corrected chi connectivity index (χ3v) is 6.40. The normalized spacial score (nSPS) is 16.9. The van der Waals surface area contributed by atoms with Crippen molar-refractivity contribution in [3.05, 3.63) is 64.9 Å². The van der Waals surface area contributed by atoms with Crippen LogP contribution in [0.4, 0.5) is 0 Å². The van der Waals surface area contributed by atoms with E-state index in [1.165, 1.54) is 11.9 Å². The lowest BCUT2D eigenvalue weighted by Gasteiger charge is -2.43. The van der Waals surface area contributed by atoms with E-state index >= 15 is 0 Å². The Kier molecular flexibility index (Phi) is 16.2. The predicted molar refractivity (Wildman–Crippen MR) is 146 cm³/mol. The molecule has 1 amide bonds. The summed E-state index contributed by atoms with van der Waals surface area (Å²) in [5, 5.41) is 3.19. The van der Waals surface area contributed by atoms with E-state index in [0.29, 0.717) is 37.9 Å². The van der Waals surface area contributed by atoms with Gasteiger partial charge in [-0.1, -0.05) is 36.2 Å². The van der Waals surface area contributed by atoms with E-state index in [9.17, 15) is 9.59 Å². The van der Waals surface area contributed by atoms with Crippen LogP contribution in [0.2, 0.25) is 5.02 Å². The van der Waals surface area contributed by atoms with Gasteiger partial charge >= 0.3 is 0 Å². The molecule has 0 bridgehead atoms. The van der Waals surface area contributed by atoms with Crippen molar-refractivity contribution in [3.63, 3.8) is 0 Å². The largest absolute Gasteiger partial charge is 0.359 e. The van der Waals surface area contributed by atoms with E-state index in [1.807, 2.05) is 65.3 Å². The molecule has 36 heavy (non-hydrogen) atoms. The first-order chi connectivity index (χ1) is 17.5. The summed E-state index contributed by atoms with van der Waals surface area (Å²) < 4.78 is 7.88. The van der Waals surface area contributed by atoms with Crippen molar-refractivity contribution in [2.45, 2.75) is 57.7 Å². The summed E-state index contributed by atoms with van der Waals surface area (Å²) in [6.45, 7) is 4.32. The number of Topliss-reactive ketones (excluding diaryl/α,β-unsaturated/α-hetero) is 1. The van der Waals surface area contributed by atoms with Crippen molar-refractivity contribution in [1.82, 2.24) is 10.2 Å². The van der Waals surface area contributed by atoms with Gasteiger partial charge in [-0.2, -0.15) is 4.57 Å². The number of rotatable bonds is 11. The quantitative estimate of drug-likeness (QED) is 0.147. The molecule has 3 N–H and O–H groups in total. The second-order valence-electron chi connectivity index (χ2n) is 8.59. The van der Waals surface area contributed by atoms with Gasteiger partial charge < -0.3 is 15.8 Å². The summed E-state index contributed by atoms with van der Waals surface area (Å²) >= 11 is 11.1. The van der Waals surface area contributed by atoms with Crippen molar-refractivity contribution in [1.29, 1.82) is 0 Å². The number of carbonyl (C=O) groups excluding carboxylic acids is 2. The SMILES string of the molecule is CCl.Cc1cc[n+](COCN(C)C2(c3ccccc3Cl)CCCCC2=O)cc1.NCCCCNC=O. The number of nitrogens with one attached hydrogen (secondary N) is 1. The number of hydrogen-bond donors (Lipinski definition) is 2. The maximum atomic E-state index is 13.0. The molecular weight excluding hydrogens is 499 g/mol. The Morgan fingerprint density at radius 2 is 1.86 bits per heavy atom. The number of hydrogen-bond acceptors (Lipinski definition) is 5. The number of benzene rings is 1. The Hall–Kier alpha value is -2.03. The van der Waals surface area contributed by atoms with Gasteiger partial charge in [-0.3, -0.25) is 14.5 Å². The fraction of sp³-hybridized carbons (Fsp3) is 0.519. The number of aryl methyl sites for hydroxylation is 1. The van der Waals surface area contributed by atoms with E-state index in [1.54, 1.807) is 0 Å². The number of ketones is 1. The number of halogens is 2. The second-order valence-corrected chi connectivity index (χ2v) is 9.00. The fourth-order valence-electron chi connectivity index (χ4n) is 4.15. The number of pyridine rings is 1. The molecule has 7 nitrogen and oxygen atoms in total. The van der Waals surface area contributed by atoms with Crippen molar-refractivity contribution in [3.8, 4) is 0 Å². The Bertz CT molecular complexity index is 899. The Morgan fingerprint density at radius 1 is 1.17 bits per heavy atom. The second kappa shape index (κ2) is 18.3. The smallest absolute Gasteiger partial charge is 0.253 e. The van der Waals surface area contributed by atoms with Crippen LogP contribution in [0.3, 0.4) is 0 Å². The van der Waals surface area contributed by atoms with Crippen molar-refractivity contribution in [2.24, 2.45) is 5.73 Å². The fourth-order valence-corrected chi connectivity index (χ4v) is 4.44. The summed E-state index contributed by atoms with van der Waals surface area (Å²) in [4.78, 5) is 24.7. The maximum absolute atomic E-state index is 13.0. The van der Waals surface area contributed by atoms with Gasteiger partial charge in [-0.15, -0.1) is 11.6 Å². The molecule has 1 aromatic carbocycles. The van der Waals surface area contributed by atoms with Gasteiger partial charge in [-0.05, 0) is 63.4 Å². The topological polar surface area (TPSA) is 88.5 Å². The van der Waals surface area contributed by atoms with Crippen LogP contribution in [0.25, 0.3) is 0 Å². The molecule has 1 heterocycles. The van der Waals surface area contributed by atoms with E-state index in [0.717, 1.165) is 44.2 Å². The highest BCUT2D eigenvalue weighted by Gasteiger charge is 2.46. The first-order valence-electron chi connectivity index (χ1n) is 12.2. The molecule has 1 saturated carbocycles. The first-order valence-corrected chi connectivity index (χ1v) is 13.4. The lowest BCUT2D eigenvalue weighted by molar-refractivity contribution is -0.733. The number of unbranched alkanes of at least 4 members (excludes halogenated alkanes) is 1. The average Bonchev–Trinajstić information content (AvgIpc) is 2.90. The molecule has 1 aromatic heterocycles. The average molecular weight is 541 g/mol. The molecule has 3 rings (SSSR count). The van der Waals surface area contributed by atoms with Crippen LogP contribution < -0.4 is 15.6 Å². The monoisotopic (exact) mass is 539 g/mol. The zero-order valence-corrected chi connectivity index (χ0v) is 23.2. The number of likely N-dealkylation sites (N-methyl/N-ethyl adjacent to an activating group) is 1. The van der Waals surface area contributed by atoms with Gasteiger partial charge in [-0.25, -0.2) is 0 Å². The molecule has 200 valence electrons. The predicted octanol–water partition coefficient (Wildman–Crippen LogP) is 4.16. The summed E-state index contributed by atoms with van der Waals surface area (Å²) in [6.07, 6.45) is 11.4. The zero-order chi connectivity index (χ0) is 26.8. The number of nitrogens with two attached hydrogens (primary N) is 1. The van der Waals surface area contributed by atoms with Crippen LogP contribution in [0.5, 0.6) is 0 Å². The highest BCUT2D eigenvalue weighted by molar-refractivity contribution is 6.31. The Morgan fingerprint density at radius 3 is 2.47 bits per heavy atom. The minimum atomic E-state index is -0.700. The van der Waals surface area contributed by atoms with Crippen molar-refractivity contribution < 1.29 is 18.9 Å². The number of aromatic nitrogens is 1. The molecule has 2 aromatic rings. The van der Waals surface area contributed by atoms with Crippen LogP contribution in [0.15, 0.2) is 48.8 Å². The molecule has 9 heteroatoms. The van der Waals surface area contributed by atoms with Gasteiger partial charge in [0.1, 0.15) is 12.3 Å². The summed E-state index contributed by atoms with van der Waals surface area (Å²) in [6, 6.07) is 11.8. The number of alkyl halides is 1.